The number of para-hydroxylation sites is 2. The Balaban J connectivity index is 1.28. The monoisotopic (exact) mass is 465 g/mol. The molecule has 2 aliphatic rings. The number of rotatable bonds is 6. The minimum atomic E-state index is 0.0519. The van der Waals surface area contributed by atoms with Crippen LogP contribution in [0.25, 0.3) is 0 Å². The topological polar surface area (TPSA) is 65.5 Å². The molecule has 0 atom stereocenters. The van der Waals surface area contributed by atoms with Gasteiger partial charge in [0.05, 0.1) is 18.8 Å². The quantitative estimate of drug-likeness (QED) is 0.600. The second kappa shape index (κ2) is 9.72. The van der Waals surface area contributed by atoms with Crippen LogP contribution in [0.4, 0.5) is 11.4 Å². The molecule has 0 unspecified atom stereocenters. The van der Waals surface area contributed by atoms with Crippen molar-refractivity contribution in [2.24, 2.45) is 0 Å². The first-order valence-corrected chi connectivity index (χ1v) is 12.0. The number of phenolic OH excluding ortho intramolecular Hbond substituents is 1. The van der Waals surface area contributed by atoms with Gasteiger partial charge in [-0.3, -0.25) is 9.69 Å². The number of amides is 1. The third-order valence-corrected chi connectivity index (χ3v) is 6.85. The van der Waals surface area contributed by atoms with Crippen molar-refractivity contribution < 1.29 is 19.4 Å². The highest BCUT2D eigenvalue weighted by Crippen LogP contribution is 2.35. The summed E-state index contributed by atoms with van der Waals surface area (Å²) in [4.78, 5) is 20.8. The molecule has 2 aromatic carbocycles. The first kappa shape index (κ1) is 21.6. The number of hydrogen-bond acceptors (Lipinski definition) is 7. The van der Waals surface area contributed by atoms with Crippen molar-refractivity contribution in [3.8, 4) is 17.2 Å². The van der Waals surface area contributed by atoms with Crippen LogP contribution in [0.5, 0.6) is 17.2 Å². The van der Waals surface area contributed by atoms with Crippen molar-refractivity contribution in [2.45, 2.75) is 6.54 Å². The molecule has 0 aliphatic carbocycles. The molecule has 2 aliphatic heterocycles. The van der Waals surface area contributed by atoms with E-state index in [1.165, 1.54) is 0 Å². The number of phenols is 1. The van der Waals surface area contributed by atoms with Gasteiger partial charge in [-0.2, -0.15) is 0 Å². The summed E-state index contributed by atoms with van der Waals surface area (Å²) in [6.45, 7) is 4.96. The minimum absolute atomic E-state index is 0.0519. The number of fused-ring (bicyclic) bond motifs is 1. The molecule has 3 aromatic rings. The zero-order valence-electron chi connectivity index (χ0n) is 18.4. The van der Waals surface area contributed by atoms with E-state index in [9.17, 15) is 9.90 Å². The van der Waals surface area contributed by atoms with Crippen LogP contribution in [0.2, 0.25) is 0 Å². The zero-order chi connectivity index (χ0) is 22.6. The Morgan fingerprint density at radius 1 is 0.970 bits per heavy atom. The van der Waals surface area contributed by atoms with E-state index >= 15 is 0 Å². The molecule has 1 amide bonds. The summed E-state index contributed by atoms with van der Waals surface area (Å²) in [5.41, 5.74) is 1.66. The number of hydrogen-bond donors (Lipinski definition) is 1. The Morgan fingerprint density at radius 2 is 1.76 bits per heavy atom. The molecule has 3 heterocycles. The van der Waals surface area contributed by atoms with E-state index in [0.717, 1.165) is 42.4 Å². The smallest absolute Gasteiger partial charge is 0.241 e. The summed E-state index contributed by atoms with van der Waals surface area (Å²) in [5.74, 6) is 1.74. The van der Waals surface area contributed by atoms with E-state index in [0.29, 0.717) is 43.6 Å². The number of anilines is 2. The molecule has 0 bridgehead atoms. The van der Waals surface area contributed by atoms with E-state index in [1.54, 1.807) is 17.4 Å². The number of aromatic hydroxyl groups is 1. The van der Waals surface area contributed by atoms with Crippen molar-refractivity contribution in [3.63, 3.8) is 0 Å². The Morgan fingerprint density at radius 3 is 2.52 bits per heavy atom. The van der Waals surface area contributed by atoms with Gasteiger partial charge in [0.15, 0.2) is 11.5 Å². The van der Waals surface area contributed by atoms with Gasteiger partial charge < -0.3 is 24.4 Å². The highest BCUT2D eigenvalue weighted by Gasteiger charge is 2.25. The van der Waals surface area contributed by atoms with Gasteiger partial charge in [-0.25, -0.2) is 0 Å². The Bertz CT molecular complexity index is 1100. The molecule has 8 heteroatoms. The molecule has 5 rings (SSSR count). The summed E-state index contributed by atoms with van der Waals surface area (Å²) in [6, 6.07) is 17.2. The van der Waals surface area contributed by atoms with Crippen LogP contribution in [0.3, 0.4) is 0 Å². The maximum atomic E-state index is 13.5. The molecule has 0 spiro atoms. The summed E-state index contributed by atoms with van der Waals surface area (Å²) < 4.78 is 11.4. The van der Waals surface area contributed by atoms with Gasteiger partial charge >= 0.3 is 0 Å². The van der Waals surface area contributed by atoms with Crippen LogP contribution in [0.1, 0.15) is 4.88 Å². The van der Waals surface area contributed by atoms with Crippen LogP contribution < -0.4 is 19.3 Å². The van der Waals surface area contributed by atoms with Crippen molar-refractivity contribution in [1.29, 1.82) is 0 Å². The maximum absolute atomic E-state index is 13.5. The van der Waals surface area contributed by atoms with Crippen LogP contribution in [-0.4, -0.2) is 61.9 Å². The number of benzene rings is 2. The van der Waals surface area contributed by atoms with E-state index < -0.39 is 0 Å². The van der Waals surface area contributed by atoms with Gasteiger partial charge in [0.1, 0.15) is 19.0 Å². The summed E-state index contributed by atoms with van der Waals surface area (Å²) in [5, 5.41) is 12.2. The molecular formula is C25H27N3O4S. The summed E-state index contributed by atoms with van der Waals surface area (Å²) >= 11 is 1.64. The first-order valence-electron chi connectivity index (χ1n) is 11.1. The standard InChI is InChI=1S/C25H27N3O4S/c29-22-6-2-1-5-21(22)27-11-9-26(10-12-27)18-25(30)28(17-20-4-3-15-33-20)19-7-8-23-24(16-19)32-14-13-31-23/h1-8,15-16,29H,9-14,17-18H2. The highest BCUT2D eigenvalue weighted by molar-refractivity contribution is 7.09. The number of nitrogens with zero attached hydrogens (tertiary/aromatic N) is 3. The molecular weight excluding hydrogens is 438 g/mol. The number of carbonyl (C=O) groups excluding carboxylic acids is 1. The normalized spacial score (nSPS) is 15.9. The van der Waals surface area contributed by atoms with Crippen molar-refractivity contribution in [2.75, 3.05) is 55.7 Å². The van der Waals surface area contributed by atoms with Crippen LogP contribution in [0, 0.1) is 0 Å². The second-order valence-electron chi connectivity index (χ2n) is 8.14. The lowest BCUT2D eigenvalue weighted by molar-refractivity contribution is -0.120. The molecule has 0 radical (unpaired) electrons. The predicted molar refractivity (Wildman–Crippen MR) is 130 cm³/mol. The third-order valence-electron chi connectivity index (χ3n) is 5.99. The lowest BCUT2D eigenvalue weighted by atomic mass is 10.2. The van der Waals surface area contributed by atoms with Gasteiger partial charge in [0, 0.05) is 42.8 Å². The summed E-state index contributed by atoms with van der Waals surface area (Å²) in [6.07, 6.45) is 0. The van der Waals surface area contributed by atoms with Crippen molar-refractivity contribution in [1.82, 2.24) is 4.90 Å². The van der Waals surface area contributed by atoms with Gasteiger partial charge in [0.2, 0.25) is 5.91 Å². The number of ether oxygens (including phenoxy) is 2. The molecule has 1 N–H and O–H groups in total. The van der Waals surface area contributed by atoms with Gasteiger partial charge in [-0.05, 0) is 35.7 Å². The van der Waals surface area contributed by atoms with Crippen LogP contribution in [-0.2, 0) is 11.3 Å². The predicted octanol–water partition coefficient (Wildman–Crippen LogP) is 3.58. The van der Waals surface area contributed by atoms with Crippen molar-refractivity contribution in [3.05, 3.63) is 64.9 Å². The Kier molecular flexibility index (Phi) is 6.37. The highest BCUT2D eigenvalue weighted by atomic mass is 32.1. The third kappa shape index (κ3) is 4.91. The van der Waals surface area contributed by atoms with Gasteiger partial charge in [-0.15, -0.1) is 11.3 Å². The molecule has 0 saturated carbocycles. The molecule has 1 fully saturated rings. The Labute approximate surface area is 197 Å². The van der Waals surface area contributed by atoms with E-state index in [4.69, 9.17) is 9.47 Å². The number of piperazine rings is 1. The fourth-order valence-electron chi connectivity index (χ4n) is 4.24. The molecule has 1 saturated heterocycles. The van der Waals surface area contributed by atoms with Crippen LogP contribution >= 0.6 is 11.3 Å². The largest absolute Gasteiger partial charge is 0.506 e. The van der Waals surface area contributed by atoms with E-state index in [-0.39, 0.29) is 5.91 Å². The van der Waals surface area contributed by atoms with Gasteiger partial charge in [-0.1, -0.05) is 18.2 Å². The zero-order valence-corrected chi connectivity index (χ0v) is 19.2. The van der Waals surface area contributed by atoms with E-state index in [2.05, 4.69) is 9.80 Å². The average molecular weight is 466 g/mol. The number of carbonyl (C=O) groups is 1. The summed E-state index contributed by atoms with van der Waals surface area (Å²) in [7, 11) is 0. The molecule has 7 nitrogen and oxygen atoms in total. The fraction of sp³-hybridized carbons (Fsp3) is 0.320. The second-order valence-corrected chi connectivity index (χ2v) is 9.17. The molecule has 1 aromatic heterocycles. The van der Waals surface area contributed by atoms with Crippen molar-refractivity contribution >= 4 is 28.6 Å². The molecule has 33 heavy (non-hydrogen) atoms. The molecule has 172 valence electrons. The Hall–Kier alpha value is -3.23. The van der Waals surface area contributed by atoms with E-state index in [1.807, 2.05) is 58.8 Å². The minimum Gasteiger partial charge on any atom is -0.506 e. The van der Waals surface area contributed by atoms with Gasteiger partial charge in [0.25, 0.3) is 0 Å². The number of thiophene rings is 1. The lowest BCUT2D eigenvalue weighted by Gasteiger charge is -2.36. The SMILES string of the molecule is O=C(CN1CCN(c2ccccc2O)CC1)N(Cc1cccs1)c1ccc2c(c1)OCCO2. The first-order chi connectivity index (χ1) is 16.2. The maximum Gasteiger partial charge on any atom is 0.241 e. The van der Waals surface area contributed by atoms with Crippen LogP contribution in [0.15, 0.2) is 60.0 Å². The fourth-order valence-corrected chi connectivity index (χ4v) is 4.93. The lowest BCUT2D eigenvalue weighted by Crippen LogP contribution is -2.50. The average Bonchev–Trinajstić information content (AvgIpc) is 3.36.